The van der Waals surface area contributed by atoms with Crippen LogP contribution in [-0.4, -0.2) is 32.0 Å². The van der Waals surface area contributed by atoms with Crippen LogP contribution < -0.4 is 14.2 Å². The molecule has 0 amide bonds. The van der Waals surface area contributed by atoms with Crippen LogP contribution >= 0.6 is 11.3 Å². The Balaban J connectivity index is 0.00000161. The number of aliphatic imine (C=N–C) groups is 1. The van der Waals surface area contributed by atoms with Crippen LogP contribution in [0.3, 0.4) is 0 Å². The zero-order valence-electron chi connectivity index (χ0n) is 11.7. The summed E-state index contributed by atoms with van der Waals surface area (Å²) < 4.78 is 16.2. The summed E-state index contributed by atoms with van der Waals surface area (Å²) in [6, 6.07) is 1.85. The van der Waals surface area contributed by atoms with Gasteiger partial charge in [0, 0.05) is 17.1 Å². The summed E-state index contributed by atoms with van der Waals surface area (Å²) in [5.74, 6) is 1.83. The molecule has 21 heavy (non-hydrogen) atoms. The van der Waals surface area contributed by atoms with E-state index in [2.05, 4.69) is 9.98 Å². The number of hydrogen-bond donors (Lipinski definition) is 0. The topological polar surface area (TPSA) is 52.9 Å². The predicted octanol–water partition coefficient (Wildman–Crippen LogP) is 3.60. The summed E-state index contributed by atoms with van der Waals surface area (Å²) in [5, 5.41) is 2.89. The van der Waals surface area contributed by atoms with Gasteiger partial charge in [0.2, 0.25) is 5.75 Å². The average Bonchev–Trinajstić information content (AvgIpc) is 2.85. The lowest BCUT2D eigenvalue weighted by atomic mass is 9.99. The second-order valence-electron chi connectivity index (χ2n) is 4.29. The quantitative estimate of drug-likeness (QED) is 0.739. The zero-order chi connectivity index (χ0) is 14.3. The van der Waals surface area contributed by atoms with Gasteiger partial charge in [0.25, 0.3) is 0 Å². The number of ether oxygens (including phenoxy) is 3. The number of fused-ring (bicyclic) bond motifs is 1. The summed E-state index contributed by atoms with van der Waals surface area (Å²) in [6.07, 6.45) is 0. The molecule has 6 heteroatoms. The molecule has 0 unspecified atom stereocenters. The third-order valence-corrected chi connectivity index (χ3v) is 4.07. The summed E-state index contributed by atoms with van der Waals surface area (Å²) in [6.45, 7) is 1.96. The molecule has 0 fully saturated rings. The van der Waals surface area contributed by atoms with Gasteiger partial charge < -0.3 is 14.2 Å². The smallest absolute Gasteiger partial charge is 0.204 e. The first kappa shape index (κ1) is 15.3. The zero-order valence-corrected chi connectivity index (χ0v) is 12.5. The minimum atomic E-state index is 0. The highest BCUT2D eigenvalue weighted by molar-refractivity contribution is 7.12. The number of nitrogens with zero attached hydrogens (tertiary/aromatic N) is 2. The Morgan fingerprint density at radius 2 is 1.76 bits per heavy atom. The number of methoxy groups -OCH3 is 3. The van der Waals surface area contributed by atoms with Crippen molar-refractivity contribution in [3.8, 4) is 17.2 Å². The number of hydrogen-bond acceptors (Lipinski definition) is 6. The number of aryl methyl sites for hydroxylation is 1. The van der Waals surface area contributed by atoms with Gasteiger partial charge in [-0.25, -0.2) is 9.98 Å². The summed E-state index contributed by atoms with van der Waals surface area (Å²) in [5.41, 5.74) is 3.60. The standard InChI is InChI=1S/C14H14N2O3S.CH4/c1-7-6-20-14(15-7)11-10-8(16-11)5-9(17-2)12(18-3)13(10)19-4;/h5-6H,1-4H3;1H4. The van der Waals surface area contributed by atoms with E-state index >= 15 is 0 Å². The Morgan fingerprint density at radius 1 is 1.05 bits per heavy atom. The van der Waals surface area contributed by atoms with Crippen LogP contribution in [0.1, 0.15) is 23.7 Å². The number of aromatic nitrogens is 1. The van der Waals surface area contributed by atoms with E-state index in [1.165, 1.54) is 0 Å². The fourth-order valence-corrected chi connectivity index (χ4v) is 2.99. The van der Waals surface area contributed by atoms with Crippen LogP contribution in [0.15, 0.2) is 16.4 Å². The SMILES string of the molecule is C.COc1cc2c(c(OC)c1OC)C(c1nc(C)cs1)=N2. The molecule has 1 aliphatic heterocycles. The largest absolute Gasteiger partial charge is 0.493 e. The second-order valence-corrected chi connectivity index (χ2v) is 5.15. The predicted molar refractivity (Wildman–Crippen MR) is 85.0 cm³/mol. The molecule has 0 spiro atoms. The van der Waals surface area contributed by atoms with E-state index in [9.17, 15) is 0 Å². The molecular weight excluding hydrogens is 288 g/mol. The molecule has 0 saturated carbocycles. The van der Waals surface area contributed by atoms with Crippen LogP contribution in [-0.2, 0) is 0 Å². The Kier molecular flexibility index (Phi) is 4.18. The minimum absolute atomic E-state index is 0. The lowest BCUT2D eigenvalue weighted by Crippen LogP contribution is -2.14. The van der Waals surface area contributed by atoms with Crippen molar-refractivity contribution in [1.29, 1.82) is 0 Å². The lowest BCUT2D eigenvalue weighted by molar-refractivity contribution is 0.324. The van der Waals surface area contributed by atoms with Gasteiger partial charge in [-0.15, -0.1) is 11.3 Å². The molecule has 0 atom stereocenters. The van der Waals surface area contributed by atoms with E-state index in [0.29, 0.717) is 17.2 Å². The van der Waals surface area contributed by atoms with E-state index in [4.69, 9.17) is 14.2 Å². The molecule has 3 rings (SSSR count). The maximum absolute atomic E-state index is 5.49. The van der Waals surface area contributed by atoms with Crippen molar-refractivity contribution in [3.05, 3.63) is 27.7 Å². The maximum Gasteiger partial charge on any atom is 0.204 e. The minimum Gasteiger partial charge on any atom is -0.493 e. The van der Waals surface area contributed by atoms with Crippen molar-refractivity contribution in [2.24, 2.45) is 4.99 Å². The summed E-state index contributed by atoms with van der Waals surface area (Å²) in [7, 11) is 4.80. The van der Waals surface area contributed by atoms with Gasteiger partial charge >= 0.3 is 0 Å². The van der Waals surface area contributed by atoms with E-state index in [0.717, 1.165) is 27.7 Å². The number of rotatable bonds is 4. The van der Waals surface area contributed by atoms with E-state index in [1.54, 1.807) is 32.7 Å². The van der Waals surface area contributed by atoms with Crippen LogP contribution in [0.2, 0.25) is 0 Å². The fraction of sp³-hybridized carbons (Fsp3) is 0.333. The van der Waals surface area contributed by atoms with Gasteiger partial charge in [-0.1, -0.05) is 7.43 Å². The van der Waals surface area contributed by atoms with Gasteiger partial charge in [0.1, 0.15) is 10.7 Å². The maximum atomic E-state index is 5.49. The van der Waals surface area contributed by atoms with Crippen molar-refractivity contribution in [3.63, 3.8) is 0 Å². The molecule has 1 aliphatic rings. The van der Waals surface area contributed by atoms with Crippen LogP contribution in [0.4, 0.5) is 5.69 Å². The highest BCUT2D eigenvalue weighted by Gasteiger charge is 2.31. The Labute approximate surface area is 128 Å². The van der Waals surface area contributed by atoms with Gasteiger partial charge in [0.15, 0.2) is 11.5 Å². The number of benzene rings is 1. The Morgan fingerprint density at radius 3 is 2.29 bits per heavy atom. The van der Waals surface area contributed by atoms with Crippen LogP contribution in [0, 0.1) is 6.92 Å². The third kappa shape index (κ3) is 2.25. The molecule has 0 bridgehead atoms. The van der Waals surface area contributed by atoms with Gasteiger partial charge in [0.05, 0.1) is 32.6 Å². The fourth-order valence-electron chi connectivity index (χ4n) is 2.20. The molecule has 0 radical (unpaired) electrons. The molecular formula is C15H18N2O3S. The Bertz CT molecular complexity index is 707. The first-order chi connectivity index (χ1) is 9.69. The van der Waals surface area contributed by atoms with E-state index in [1.807, 2.05) is 18.4 Å². The van der Waals surface area contributed by atoms with E-state index < -0.39 is 0 Å². The summed E-state index contributed by atoms with van der Waals surface area (Å²) in [4.78, 5) is 8.98. The normalized spacial score (nSPS) is 11.7. The molecule has 5 nitrogen and oxygen atoms in total. The third-order valence-electron chi connectivity index (χ3n) is 3.10. The van der Waals surface area contributed by atoms with Crippen LogP contribution in [0.25, 0.3) is 0 Å². The molecule has 2 heterocycles. The second kappa shape index (κ2) is 5.73. The van der Waals surface area contributed by atoms with Gasteiger partial charge in [-0.05, 0) is 6.92 Å². The molecule has 2 aromatic rings. The van der Waals surface area contributed by atoms with Crippen molar-refractivity contribution in [1.82, 2.24) is 4.98 Å². The van der Waals surface area contributed by atoms with Crippen molar-refractivity contribution in [2.75, 3.05) is 21.3 Å². The van der Waals surface area contributed by atoms with Crippen molar-refractivity contribution < 1.29 is 14.2 Å². The Hall–Kier alpha value is -2.08. The van der Waals surface area contributed by atoms with E-state index in [-0.39, 0.29) is 7.43 Å². The monoisotopic (exact) mass is 306 g/mol. The van der Waals surface area contributed by atoms with Crippen molar-refractivity contribution in [2.45, 2.75) is 14.4 Å². The first-order valence-corrected chi connectivity index (χ1v) is 6.92. The molecule has 0 saturated heterocycles. The molecule has 112 valence electrons. The molecule has 1 aromatic carbocycles. The lowest BCUT2D eigenvalue weighted by Gasteiger charge is -2.23. The van der Waals surface area contributed by atoms with Crippen molar-refractivity contribution >= 4 is 22.7 Å². The molecule has 0 aliphatic carbocycles. The average molecular weight is 306 g/mol. The highest BCUT2D eigenvalue weighted by Crippen LogP contribution is 2.50. The first-order valence-electron chi connectivity index (χ1n) is 6.04. The molecule has 0 N–H and O–H groups in total. The number of thiazole rings is 1. The molecule has 1 aromatic heterocycles. The highest BCUT2D eigenvalue weighted by atomic mass is 32.1. The van der Waals surface area contributed by atoms with Gasteiger partial charge in [-0.3, -0.25) is 0 Å². The summed E-state index contributed by atoms with van der Waals surface area (Å²) >= 11 is 1.57. The van der Waals surface area contributed by atoms with Crippen LogP contribution in [0.5, 0.6) is 17.2 Å². The van der Waals surface area contributed by atoms with Gasteiger partial charge in [-0.2, -0.15) is 0 Å².